The van der Waals surface area contributed by atoms with Crippen LogP contribution in [0.25, 0.3) is 10.8 Å². The largest absolute Gasteiger partial charge is 0.462 e. The van der Waals surface area contributed by atoms with Crippen molar-refractivity contribution in [2.24, 2.45) is 0 Å². The molecule has 30 saturated heterocycles. The molecule has 33 rings (SSSR count). The molecule has 0 amide bonds. The van der Waals surface area contributed by atoms with Crippen molar-refractivity contribution in [1.29, 1.82) is 0 Å². The monoisotopic (exact) mass is 1740 g/mol. The van der Waals surface area contributed by atoms with Gasteiger partial charge in [0, 0.05) is 30.6 Å². The van der Waals surface area contributed by atoms with Crippen molar-refractivity contribution in [2.45, 2.75) is 262 Å². The number of hydrogen-bond acceptors (Lipinski definition) is 46. The van der Waals surface area contributed by atoms with Crippen molar-refractivity contribution in [3.8, 4) is 0 Å². The molecule has 30 heterocycles. The summed E-state index contributed by atoms with van der Waals surface area (Å²) in [6.45, 7) is -8.88. The Bertz CT molecular complexity index is 3990. The Labute approximate surface area is 670 Å². The number of carbonyl (C=O) groups is 1. The second kappa shape index (κ2) is 38.9. The maximum absolute atomic E-state index is 13.9. The summed E-state index contributed by atoms with van der Waals surface area (Å²) in [6, 6.07) is 14.4. The summed E-state index contributed by atoms with van der Waals surface area (Å²) < 4.78 is 162. The highest BCUT2D eigenvalue weighted by Gasteiger charge is 2.61. The van der Waals surface area contributed by atoms with Gasteiger partial charge in [-0.3, -0.25) is 8.98 Å². The summed E-state index contributed by atoms with van der Waals surface area (Å²) in [4.78, 5) is 14.7. The quantitative estimate of drug-likeness (QED) is 0.0441. The average molecular weight is 1740 g/mol. The summed E-state index contributed by atoms with van der Waals surface area (Å²) in [5.74, 6) is -1.35. The highest BCUT2D eigenvalue weighted by molar-refractivity contribution is 7.89. The molecule has 0 saturated carbocycles. The van der Waals surface area contributed by atoms with E-state index in [0.717, 1.165) is 0 Å². The van der Waals surface area contributed by atoms with Crippen molar-refractivity contribution < 1.29 is 219 Å². The van der Waals surface area contributed by atoms with Gasteiger partial charge in [-0.05, 0) is 31.2 Å². The fraction of sp³-hybridized carbons (Fsp3) is 0.754. The molecule has 3 aromatic rings. The number of aryl methyl sites for hydroxylation is 1. The smallest absolute Gasteiger partial charge is 0.321 e. The molecule has 40 atom stereocenters. The van der Waals surface area contributed by atoms with Crippen LogP contribution in [0.5, 0.6) is 0 Å². The van der Waals surface area contributed by atoms with E-state index >= 15 is 0 Å². The fourth-order valence-electron chi connectivity index (χ4n) is 15.2. The number of carbonyl (C=O) groups excluding carboxylic acids is 1. The molecule has 30 aliphatic rings. The predicted molar refractivity (Wildman–Crippen MR) is 376 cm³/mol. The van der Waals surface area contributed by atoms with Crippen molar-refractivity contribution in [3.05, 3.63) is 66.2 Å². The standard InChI is InChI=1S/C69H100N2O45S2/c1-23-10-12-24(13-11-23)118(97,98)100-22-35-61-45(86)53(94)69(108-35)114-59-33(20-77)104-65(49(90)41(59)82)110-55-29(16-73)101-62(46(87)38(55)79)111-56-30(17-74)105-66(50(91)42(56)83)115-60-34(21-99-37(78)14-70-117(95,96)36-9-5-6-25-26(36)7-4-8-27(25)71(2)3)107-68(52(93)44(60)85)113-58-32(19-76)103-64(48(89)40(58)81)109-54-28(15-72)102-63(47(88)39(54)80)112-57-31(18-75)106-67(116-61)51(92)43(57)84/h4-13,28-35,38-70,72-77,79-94H,14-22H2,1-3H3/t28-,29-,30-,31-,32-,33-,34-,35-,38-,39+,40-,41-,42+,43-,44+,45-,46-,47+,48-,49-,50+,51-,52+,53-,54-,55-,56-,57-,58-,59-,60-,61-,62-,63-,64-,65-,66-,67-,68-,69-/m1/s1. The van der Waals surface area contributed by atoms with Crippen LogP contribution in [0.1, 0.15) is 5.56 Å². The number of benzene rings is 3. The van der Waals surface area contributed by atoms with Crippen molar-refractivity contribution >= 4 is 42.6 Å². The molecule has 49 heteroatoms. The van der Waals surface area contributed by atoms with E-state index in [9.17, 15) is 134 Å². The molecule has 0 aromatic heterocycles. The van der Waals surface area contributed by atoms with Crippen LogP contribution in [0, 0.1) is 6.92 Å². The molecular formula is C69H100N2O45S2. The molecule has 30 fully saturated rings. The van der Waals surface area contributed by atoms with E-state index in [-0.39, 0.29) is 10.3 Å². The SMILES string of the molecule is Cc1ccc(S(=O)(=O)OC[C@H]2O[C@@H]3O[C@H]4[C@H](O)[C@@H](O)[C@@H](O[C@H]5[C@H](O)[C@@H](O)[C@@H](O[C@H]6[C@@H](O)[C@H](O)[C@@H](O[C@H]7[C@@H](O)[C@H](O)[C@@H](O[C@H]8[C@H](O)[C@@H](O)[C@@H](O[C@H]9[C@@H](O)[C@H](O)[C@@H](O[C@H]%10[C@H](O)[C@@H](O)[C@@H](O[C@H]2[C@H](O)[C@H]3O)O[C@@H]%10CO)O[C@@H]9CO)O[C@@H]8CO)O[C@@H]7COC(=O)CNS(=O)(=O)c2cccc3c(N(C)C)cccc23)O[C@@H]6CO)O[C@@H]5CO)O[C@@H]4CO)cc1. The van der Waals surface area contributed by atoms with Crippen LogP contribution in [0.15, 0.2) is 70.5 Å². The highest BCUT2D eigenvalue weighted by atomic mass is 32.2. The number of aliphatic hydroxyl groups excluding tert-OH is 22. The van der Waals surface area contributed by atoms with Gasteiger partial charge >= 0.3 is 5.97 Å². The lowest BCUT2D eigenvalue weighted by atomic mass is 9.94. The highest BCUT2D eigenvalue weighted by Crippen LogP contribution is 2.41. The lowest BCUT2D eigenvalue weighted by molar-refractivity contribution is -0.404. The molecule has 118 heavy (non-hydrogen) atoms. The van der Waals surface area contributed by atoms with Crippen molar-refractivity contribution in [3.63, 3.8) is 0 Å². The minimum Gasteiger partial charge on any atom is -0.462 e. The van der Waals surface area contributed by atoms with Crippen molar-refractivity contribution in [1.82, 2.24) is 4.72 Å². The lowest BCUT2D eigenvalue weighted by Gasteiger charge is -2.50. The Morgan fingerprint density at radius 2 is 0.610 bits per heavy atom. The molecule has 30 aliphatic heterocycles. The van der Waals surface area contributed by atoms with E-state index < -0.39 is 336 Å². The number of sulfonamides is 1. The van der Waals surface area contributed by atoms with Gasteiger partial charge < -0.3 is 198 Å². The number of ether oxygens (including phenoxy) is 17. The number of hydrogen-bond donors (Lipinski definition) is 23. The Morgan fingerprint density at radius 1 is 0.347 bits per heavy atom. The fourth-order valence-corrected chi connectivity index (χ4v) is 17.3. The van der Waals surface area contributed by atoms with E-state index in [1.165, 1.54) is 42.5 Å². The van der Waals surface area contributed by atoms with E-state index in [1.807, 2.05) is 0 Å². The minimum atomic E-state index is -4.79. The van der Waals surface area contributed by atoms with Crippen molar-refractivity contribution in [2.75, 3.05) is 78.4 Å². The third kappa shape index (κ3) is 19.2. The first kappa shape index (κ1) is 92.7. The number of rotatable bonds is 17. The molecule has 23 N–H and O–H groups in total. The second-order valence-electron chi connectivity index (χ2n) is 29.7. The van der Waals surface area contributed by atoms with Gasteiger partial charge in [0.2, 0.25) is 10.0 Å². The molecule has 0 radical (unpaired) electrons. The first-order valence-corrected chi connectivity index (χ1v) is 40.2. The Hall–Kier alpha value is -4.51. The number of anilines is 1. The second-order valence-corrected chi connectivity index (χ2v) is 33.0. The van der Waals surface area contributed by atoms with Gasteiger partial charge in [0.1, 0.15) is 208 Å². The minimum absolute atomic E-state index is 0.252. The topological polar surface area (TPSA) is 712 Å². The summed E-state index contributed by atoms with van der Waals surface area (Å²) in [5.41, 5.74) is 1.27. The Kier molecular flexibility index (Phi) is 30.6. The van der Waals surface area contributed by atoms with Crippen LogP contribution in [0.3, 0.4) is 0 Å². The van der Waals surface area contributed by atoms with E-state index in [4.69, 9.17) is 84.7 Å². The maximum atomic E-state index is 13.9. The van der Waals surface area contributed by atoms with E-state index in [2.05, 4.69) is 4.72 Å². The molecule has 16 bridgehead atoms. The molecule has 0 aliphatic carbocycles. The summed E-state index contributed by atoms with van der Waals surface area (Å²) in [6.07, 6.45) is -88.4. The zero-order valence-electron chi connectivity index (χ0n) is 62.7. The number of esters is 1. The third-order valence-corrected chi connectivity index (χ3v) is 24.4. The number of nitrogens with one attached hydrogen (secondary N) is 1. The lowest BCUT2D eigenvalue weighted by Crippen LogP contribution is -2.69. The van der Waals surface area contributed by atoms with Gasteiger partial charge in [-0.1, -0.05) is 42.0 Å². The first-order chi connectivity index (χ1) is 56.0. The van der Waals surface area contributed by atoms with Crippen LogP contribution in [0.2, 0.25) is 0 Å². The normalized spacial score (nSPS) is 44.5. The Balaban J connectivity index is 0.827. The molecule has 0 spiro atoms. The summed E-state index contributed by atoms with van der Waals surface area (Å²) in [5, 5.41) is 253. The van der Waals surface area contributed by atoms with Gasteiger partial charge in [0.05, 0.1) is 56.0 Å². The van der Waals surface area contributed by atoms with E-state index in [1.54, 1.807) is 44.1 Å². The molecule has 47 nitrogen and oxygen atoms in total. The summed E-state index contributed by atoms with van der Waals surface area (Å²) in [7, 11) is -5.88. The third-order valence-electron chi connectivity index (χ3n) is 21.7. The van der Waals surface area contributed by atoms with Gasteiger partial charge in [0.25, 0.3) is 10.1 Å². The molecular weight excluding hydrogens is 1640 g/mol. The van der Waals surface area contributed by atoms with Crippen LogP contribution in [0.4, 0.5) is 5.69 Å². The number of fused-ring (bicyclic) bond motifs is 1. The maximum Gasteiger partial charge on any atom is 0.321 e. The molecule has 3 aromatic carbocycles. The van der Waals surface area contributed by atoms with Crippen LogP contribution < -0.4 is 9.62 Å². The predicted octanol–water partition coefficient (Wildman–Crippen LogP) is -13.9. The molecule has 668 valence electrons. The van der Waals surface area contributed by atoms with E-state index in [0.29, 0.717) is 16.6 Å². The summed E-state index contributed by atoms with van der Waals surface area (Å²) >= 11 is 0. The zero-order valence-corrected chi connectivity index (χ0v) is 64.4. The van der Waals surface area contributed by atoms with Gasteiger partial charge in [-0.15, -0.1) is 0 Å². The van der Waals surface area contributed by atoms with Gasteiger partial charge in [-0.25, -0.2) is 8.42 Å². The average Bonchev–Trinajstić information content (AvgIpc) is 0.776. The van der Waals surface area contributed by atoms with Crippen LogP contribution in [-0.4, -0.2) is 454 Å². The zero-order chi connectivity index (χ0) is 85.6. The molecule has 0 unspecified atom stereocenters. The Morgan fingerprint density at radius 3 is 0.898 bits per heavy atom. The first-order valence-electron chi connectivity index (χ1n) is 37.3. The van der Waals surface area contributed by atoms with Gasteiger partial charge in [0.15, 0.2) is 50.3 Å². The number of aliphatic hydroxyl groups is 22. The van der Waals surface area contributed by atoms with Crippen LogP contribution >= 0.6 is 0 Å². The van der Waals surface area contributed by atoms with Gasteiger partial charge in [-0.2, -0.15) is 13.1 Å². The van der Waals surface area contributed by atoms with Crippen LogP contribution in [-0.2, 0) is 110 Å². The number of nitrogens with zero attached hydrogens (tertiary/aromatic N) is 1.